The van der Waals surface area contributed by atoms with Crippen LogP contribution in [-0.2, 0) is 0 Å². The Kier molecular flexibility index (Phi) is 13.3. The Labute approximate surface area is 122 Å². The topological polar surface area (TPSA) is 60.7 Å². The summed E-state index contributed by atoms with van der Waals surface area (Å²) in [5.41, 5.74) is 0. The first-order chi connectivity index (χ1) is 9.72. The fourth-order valence-corrected chi connectivity index (χ4v) is 1.67. The lowest BCUT2D eigenvalue weighted by Crippen LogP contribution is -2.25. The van der Waals surface area contributed by atoms with E-state index in [0.717, 1.165) is 12.8 Å². The van der Waals surface area contributed by atoms with Crippen molar-refractivity contribution in [2.24, 2.45) is 0 Å². The summed E-state index contributed by atoms with van der Waals surface area (Å²) in [4.78, 5) is 0. The second-order valence-corrected chi connectivity index (χ2v) is 4.70. The van der Waals surface area contributed by atoms with Crippen molar-refractivity contribution in [2.75, 3.05) is 6.61 Å². The molecule has 2 atom stereocenters. The van der Waals surface area contributed by atoms with Gasteiger partial charge in [-0.05, 0) is 24.3 Å². The summed E-state index contributed by atoms with van der Waals surface area (Å²) in [5, 5.41) is 27.9. The Morgan fingerprint density at radius 2 is 1.75 bits per heavy atom. The largest absolute Gasteiger partial charge is 0.392 e. The van der Waals surface area contributed by atoms with Crippen molar-refractivity contribution in [1.29, 1.82) is 0 Å². The van der Waals surface area contributed by atoms with Gasteiger partial charge in [-0.1, -0.05) is 56.9 Å². The SMILES string of the molecule is CCCCCCCC(O)C(O)CC#CC#CC=CCO. The highest BCUT2D eigenvalue weighted by Gasteiger charge is 2.14. The predicted octanol–water partition coefficient (Wildman–Crippen LogP) is 2.01. The van der Waals surface area contributed by atoms with Crippen molar-refractivity contribution in [1.82, 2.24) is 0 Å². The molecule has 2 unspecified atom stereocenters. The molecule has 0 radical (unpaired) electrons. The molecule has 3 heteroatoms. The molecule has 0 amide bonds. The molecule has 0 spiro atoms. The highest BCUT2D eigenvalue weighted by molar-refractivity contribution is 5.30. The quantitative estimate of drug-likeness (QED) is 0.447. The summed E-state index contributed by atoms with van der Waals surface area (Å²) in [6.45, 7) is 2.13. The summed E-state index contributed by atoms with van der Waals surface area (Å²) in [6, 6.07) is 0. The average Bonchev–Trinajstić information content (AvgIpc) is 2.45. The Morgan fingerprint density at radius 3 is 2.45 bits per heavy atom. The van der Waals surface area contributed by atoms with E-state index in [2.05, 4.69) is 30.6 Å². The van der Waals surface area contributed by atoms with Crippen LogP contribution in [0.3, 0.4) is 0 Å². The minimum atomic E-state index is -0.802. The highest BCUT2D eigenvalue weighted by atomic mass is 16.3. The number of allylic oxidation sites excluding steroid dienone is 1. The van der Waals surface area contributed by atoms with E-state index >= 15 is 0 Å². The second-order valence-electron chi connectivity index (χ2n) is 4.70. The van der Waals surface area contributed by atoms with E-state index in [1.165, 1.54) is 31.4 Å². The fraction of sp³-hybridized carbons (Fsp3) is 0.647. The van der Waals surface area contributed by atoms with Crippen molar-refractivity contribution < 1.29 is 15.3 Å². The Balaban J connectivity index is 3.78. The number of aliphatic hydroxyl groups is 3. The minimum Gasteiger partial charge on any atom is -0.392 e. The monoisotopic (exact) mass is 278 g/mol. The standard InChI is InChI=1S/C17H26O3/c1-2-3-4-7-10-13-16(19)17(20)14-11-8-5-6-9-12-15-18/h9,12,16-20H,2-4,7,10,13-15H2,1H3. The van der Waals surface area contributed by atoms with E-state index < -0.39 is 12.2 Å². The lowest BCUT2D eigenvalue weighted by atomic mass is 10.0. The van der Waals surface area contributed by atoms with Crippen LogP contribution in [0, 0.1) is 23.7 Å². The van der Waals surface area contributed by atoms with Gasteiger partial charge in [0.05, 0.1) is 18.8 Å². The maximum absolute atomic E-state index is 9.75. The first kappa shape index (κ1) is 18.7. The lowest BCUT2D eigenvalue weighted by Gasteiger charge is -2.15. The van der Waals surface area contributed by atoms with Gasteiger partial charge >= 0.3 is 0 Å². The number of unbranched alkanes of at least 4 members (excludes halogenated alkanes) is 4. The molecule has 0 saturated carbocycles. The first-order valence-electron chi connectivity index (χ1n) is 7.32. The zero-order valence-corrected chi connectivity index (χ0v) is 12.3. The molecule has 0 aromatic carbocycles. The molecule has 0 rings (SSSR count). The molecular weight excluding hydrogens is 252 g/mol. The van der Waals surface area contributed by atoms with Crippen LogP contribution in [0.15, 0.2) is 12.2 Å². The van der Waals surface area contributed by atoms with Gasteiger partial charge in [0.2, 0.25) is 0 Å². The van der Waals surface area contributed by atoms with Crippen LogP contribution in [-0.4, -0.2) is 34.1 Å². The van der Waals surface area contributed by atoms with Gasteiger partial charge in [0.25, 0.3) is 0 Å². The summed E-state index contributed by atoms with van der Waals surface area (Å²) in [7, 11) is 0. The Bertz CT molecular complexity index is 365. The third-order valence-corrected chi connectivity index (χ3v) is 2.89. The van der Waals surface area contributed by atoms with Gasteiger partial charge in [0, 0.05) is 6.42 Å². The molecular formula is C17H26O3. The van der Waals surface area contributed by atoms with Crippen LogP contribution in [0.1, 0.15) is 51.9 Å². The maximum Gasteiger partial charge on any atom is 0.0908 e. The number of rotatable bonds is 9. The molecule has 0 aliphatic rings. The van der Waals surface area contributed by atoms with Gasteiger partial charge in [0.15, 0.2) is 0 Å². The van der Waals surface area contributed by atoms with E-state index in [4.69, 9.17) is 5.11 Å². The number of hydrogen-bond donors (Lipinski definition) is 3. The molecule has 112 valence electrons. The van der Waals surface area contributed by atoms with Gasteiger partial charge in [-0.3, -0.25) is 0 Å². The molecule has 0 saturated heterocycles. The highest BCUT2D eigenvalue weighted by Crippen LogP contribution is 2.10. The van der Waals surface area contributed by atoms with Crippen LogP contribution in [0.25, 0.3) is 0 Å². The molecule has 0 aliphatic heterocycles. The summed E-state index contributed by atoms with van der Waals surface area (Å²) in [6.07, 6.45) is 8.06. The van der Waals surface area contributed by atoms with Crippen molar-refractivity contribution in [3.63, 3.8) is 0 Å². The number of hydrogen-bond acceptors (Lipinski definition) is 3. The molecule has 0 aromatic heterocycles. The smallest absolute Gasteiger partial charge is 0.0908 e. The molecule has 0 bridgehead atoms. The van der Waals surface area contributed by atoms with Crippen LogP contribution < -0.4 is 0 Å². The van der Waals surface area contributed by atoms with Crippen molar-refractivity contribution in [2.45, 2.75) is 64.1 Å². The first-order valence-corrected chi connectivity index (χ1v) is 7.32. The van der Waals surface area contributed by atoms with Crippen LogP contribution in [0.4, 0.5) is 0 Å². The summed E-state index contributed by atoms with van der Waals surface area (Å²) >= 11 is 0. The van der Waals surface area contributed by atoms with Gasteiger partial charge in [0.1, 0.15) is 0 Å². The third-order valence-electron chi connectivity index (χ3n) is 2.89. The normalized spacial score (nSPS) is 13.2. The predicted molar refractivity (Wildman–Crippen MR) is 81.8 cm³/mol. The van der Waals surface area contributed by atoms with Crippen LogP contribution in [0.5, 0.6) is 0 Å². The van der Waals surface area contributed by atoms with Gasteiger partial charge in [-0.15, -0.1) is 0 Å². The maximum atomic E-state index is 9.75. The molecule has 3 nitrogen and oxygen atoms in total. The summed E-state index contributed by atoms with van der Waals surface area (Å²) in [5.74, 6) is 10.5. The molecule has 3 N–H and O–H groups in total. The Morgan fingerprint density at radius 1 is 1.00 bits per heavy atom. The van der Waals surface area contributed by atoms with Crippen molar-refractivity contribution in [3.05, 3.63) is 12.2 Å². The van der Waals surface area contributed by atoms with Crippen molar-refractivity contribution >= 4 is 0 Å². The van der Waals surface area contributed by atoms with E-state index in [0.29, 0.717) is 6.42 Å². The number of aliphatic hydroxyl groups excluding tert-OH is 3. The summed E-state index contributed by atoms with van der Waals surface area (Å²) < 4.78 is 0. The van der Waals surface area contributed by atoms with Gasteiger partial charge < -0.3 is 15.3 Å². The molecule has 0 aromatic rings. The van der Waals surface area contributed by atoms with Gasteiger partial charge in [-0.2, -0.15) is 0 Å². The zero-order chi connectivity index (χ0) is 15.1. The third kappa shape index (κ3) is 11.8. The molecule has 0 fully saturated rings. The molecule has 0 heterocycles. The second kappa shape index (κ2) is 14.2. The van der Waals surface area contributed by atoms with E-state index in [-0.39, 0.29) is 13.0 Å². The van der Waals surface area contributed by atoms with Gasteiger partial charge in [-0.25, -0.2) is 0 Å². The van der Waals surface area contributed by atoms with Crippen LogP contribution >= 0.6 is 0 Å². The minimum absolute atomic E-state index is 0.0364. The molecule has 20 heavy (non-hydrogen) atoms. The van der Waals surface area contributed by atoms with E-state index in [1.807, 2.05) is 0 Å². The van der Waals surface area contributed by atoms with Crippen molar-refractivity contribution in [3.8, 4) is 23.7 Å². The van der Waals surface area contributed by atoms with E-state index in [9.17, 15) is 10.2 Å². The van der Waals surface area contributed by atoms with Crippen LogP contribution in [0.2, 0.25) is 0 Å². The van der Waals surface area contributed by atoms with E-state index in [1.54, 1.807) is 0 Å². The Hall–Kier alpha value is -1.26. The zero-order valence-electron chi connectivity index (χ0n) is 12.3. The fourth-order valence-electron chi connectivity index (χ4n) is 1.67. The lowest BCUT2D eigenvalue weighted by molar-refractivity contribution is 0.0165. The average molecular weight is 278 g/mol. The molecule has 0 aliphatic carbocycles.